The van der Waals surface area contributed by atoms with E-state index in [1.54, 1.807) is 0 Å². The number of amides is 1. The van der Waals surface area contributed by atoms with Gasteiger partial charge in [-0.05, 0) is 44.7 Å². The molecule has 7 nitrogen and oxygen atoms in total. The third-order valence-corrected chi connectivity index (χ3v) is 6.95. The standard InChI is InChI=1S/C25H32N6O/c1-4-21-26-23(29-13-8-14-30(16-15-29)25(32)19-10-7-11-19)22-18(3)28-31(24(22)27-21)20-12-6-5-9-17(20)2/h5-6,9,12,19H,4,7-8,10-11,13-16H2,1-3H3. The van der Waals surface area contributed by atoms with Gasteiger partial charge in [-0.25, -0.2) is 14.6 Å². The van der Waals surface area contributed by atoms with E-state index in [-0.39, 0.29) is 5.92 Å². The van der Waals surface area contributed by atoms with Crippen molar-refractivity contribution in [3.8, 4) is 5.69 Å². The molecule has 32 heavy (non-hydrogen) atoms. The fraction of sp³-hybridized carbons (Fsp3) is 0.520. The number of hydrogen-bond donors (Lipinski definition) is 0. The van der Waals surface area contributed by atoms with Gasteiger partial charge < -0.3 is 9.80 Å². The lowest BCUT2D eigenvalue weighted by molar-refractivity contribution is -0.137. The molecule has 1 aliphatic carbocycles. The third-order valence-electron chi connectivity index (χ3n) is 6.95. The van der Waals surface area contributed by atoms with E-state index in [1.807, 2.05) is 23.7 Å². The normalized spacial score (nSPS) is 17.5. The van der Waals surface area contributed by atoms with Gasteiger partial charge in [-0.15, -0.1) is 0 Å². The van der Waals surface area contributed by atoms with Gasteiger partial charge in [0.1, 0.15) is 11.6 Å². The van der Waals surface area contributed by atoms with Crippen molar-refractivity contribution in [2.45, 2.75) is 52.9 Å². The van der Waals surface area contributed by atoms with Crippen molar-refractivity contribution in [3.05, 3.63) is 41.3 Å². The molecular weight excluding hydrogens is 400 g/mol. The van der Waals surface area contributed by atoms with Gasteiger partial charge in [0.05, 0.1) is 16.8 Å². The van der Waals surface area contributed by atoms with Gasteiger partial charge in [-0.2, -0.15) is 5.10 Å². The molecule has 5 rings (SSSR count). The first-order valence-electron chi connectivity index (χ1n) is 11.9. The van der Waals surface area contributed by atoms with Crippen molar-refractivity contribution < 1.29 is 4.79 Å². The van der Waals surface area contributed by atoms with E-state index < -0.39 is 0 Å². The van der Waals surface area contributed by atoms with E-state index in [0.29, 0.717) is 5.91 Å². The third kappa shape index (κ3) is 3.63. The molecule has 3 heterocycles. The Morgan fingerprint density at radius 1 is 1.03 bits per heavy atom. The van der Waals surface area contributed by atoms with Crippen LogP contribution >= 0.6 is 0 Å². The Labute approximate surface area is 189 Å². The van der Waals surface area contributed by atoms with Crippen LogP contribution in [-0.2, 0) is 11.2 Å². The summed E-state index contributed by atoms with van der Waals surface area (Å²) >= 11 is 0. The van der Waals surface area contributed by atoms with Crippen LogP contribution in [0.25, 0.3) is 16.7 Å². The summed E-state index contributed by atoms with van der Waals surface area (Å²) in [5.74, 6) is 2.40. The number of fused-ring (bicyclic) bond motifs is 1. The molecule has 1 amide bonds. The monoisotopic (exact) mass is 432 g/mol. The molecule has 0 spiro atoms. The fourth-order valence-corrected chi connectivity index (χ4v) is 4.82. The quantitative estimate of drug-likeness (QED) is 0.627. The summed E-state index contributed by atoms with van der Waals surface area (Å²) in [6.45, 7) is 9.51. The highest BCUT2D eigenvalue weighted by molar-refractivity contribution is 5.91. The predicted molar refractivity (Wildman–Crippen MR) is 126 cm³/mol. The fourth-order valence-electron chi connectivity index (χ4n) is 4.82. The Balaban J connectivity index is 1.52. The van der Waals surface area contributed by atoms with Crippen LogP contribution in [0.2, 0.25) is 0 Å². The Morgan fingerprint density at radius 2 is 1.84 bits per heavy atom. The zero-order valence-electron chi connectivity index (χ0n) is 19.3. The van der Waals surface area contributed by atoms with Gasteiger partial charge in [-0.3, -0.25) is 4.79 Å². The zero-order chi connectivity index (χ0) is 22.2. The summed E-state index contributed by atoms with van der Waals surface area (Å²) in [6.07, 6.45) is 5.03. The molecule has 168 valence electrons. The maximum atomic E-state index is 12.8. The van der Waals surface area contributed by atoms with Crippen molar-refractivity contribution in [2.24, 2.45) is 5.92 Å². The first-order valence-corrected chi connectivity index (χ1v) is 11.9. The van der Waals surface area contributed by atoms with Gasteiger partial charge in [0.2, 0.25) is 5.91 Å². The molecule has 1 aliphatic heterocycles. The van der Waals surface area contributed by atoms with Gasteiger partial charge in [0, 0.05) is 38.5 Å². The van der Waals surface area contributed by atoms with E-state index in [1.165, 1.54) is 6.42 Å². The van der Waals surface area contributed by atoms with Gasteiger partial charge >= 0.3 is 0 Å². The number of rotatable bonds is 4. The van der Waals surface area contributed by atoms with E-state index >= 15 is 0 Å². The number of para-hydroxylation sites is 1. The first-order chi connectivity index (χ1) is 15.6. The van der Waals surface area contributed by atoms with E-state index in [9.17, 15) is 4.79 Å². The predicted octanol–water partition coefficient (Wildman–Crippen LogP) is 3.83. The number of hydrogen-bond acceptors (Lipinski definition) is 5. The van der Waals surface area contributed by atoms with Crippen LogP contribution in [-0.4, -0.2) is 56.7 Å². The molecule has 2 fully saturated rings. The van der Waals surface area contributed by atoms with Crippen LogP contribution in [0, 0.1) is 19.8 Å². The number of anilines is 1. The summed E-state index contributed by atoms with van der Waals surface area (Å²) in [6, 6.07) is 8.27. The topological polar surface area (TPSA) is 67.2 Å². The minimum atomic E-state index is 0.258. The second kappa shape index (κ2) is 8.52. The lowest BCUT2D eigenvalue weighted by Crippen LogP contribution is -2.41. The SMILES string of the molecule is CCc1nc(N2CCCN(C(=O)C3CCC3)CC2)c2c(C)nn(-c3ccccc3C)c2n1. The molecule has 1 saturated heterocycles. The minimum absolute atomic E-state index is 0.258. The Bertz CT molecular complexity index is 1150. The smallest absolute Gasteiger partial charge is 0.225 e. The van der Waals surface area contributed by atoms with Crippen LogP contribution in [0.15, 0.2) is 24.3 Å². The summed E-state index contributed by atoms with van der Waals surface area (Å²) in [7, 11) is 0. The second-order valence-electron chi connectivity index (χ2n) is 9.09. The first kappa shape index (κ1) is 20.9. The highest BCUT2D eigenvalue weighted by Crippen LogP contribution is 2.32. The molecule has 0 atom stereocenters. The van der Waals surface area contributed by atoms with Crippen molar-refractivity contribution in [1.29, 1.82) is 0 Å². The van der Waals surface area contributed by atoms with Gasteiger partial charge in [0.15, 0.2) is 5.65 Å². The minimum Gasteiger partial charge on any atom is -0.354 e. The number of carbonyl (C=O) groups is 1. The van der Waals surface area contributed by atoms with Gasteiger partial charge in [-0.1, -0.05) is 31.5 Å². The zero-order valence-corrected chi connectivity index (χ0v) is 19.3. The van der Waals surface area contributed by atoms with Crippen LogP contribution in [0.1, 0.15) is 49.7 Å². The molecule has 0 unspecified atom stereocenters. The number of aromatic nitrogens is 4. The molecule has 2 aliphatic rings. The Morgan fingerprint density at radius 3 is 2.56 bits per heavy atom. The van der Waals surface area contributed by atoms with Crippen molar-refractivity contribution >= 4 is 22.8 Å². The van der Waals surface area contributed by atoms with Crippen LogP contribution in [0.4, 0.5) is 5.82 Å². The molecule has 1 saturated carbocycles. The van der Waals surface area contributed by atoms with Crippen LogP contribution in [0.3, 0.4) is 0 Å². The lowest BCUT2D eigenvalue weighted by atomic mass is 9.84. The maximum Gasteiger partial charge on any atom is 0.225 e. The molecule has 0 bridgehead atoms. The number of benzene rings is 1. The van der Waals surface area contributed by atoms with Crippen molar-refractivity contribution in [1.82, 2.24) is 24.6 Å². The van der Waals surface area contributed by atoms with Crippen molar-refractivity contribution in [3.63, 3.8) is 0 Å². The highest BCUT2D eigenvalue weighted by Gasteiger charge is 2.31. The second-order valence-corrected chi connectivity index (χ2v) is 9.09. The van der Waals surface area contributed by atoms with Crippen molar-refractivity contribution in [2.75, 3.05) is 31.1 Å². The average Bonchev–Trinajstić information content (AvgIpc) is 2.93. The molecule has 2 aromatic heterocycles. The summed E-state index contributed by atoms with van der Waals surface area (Å²) in [5, 5.41) is 5.90. The molecular formula is C25H32N6O. The Hall–Kier alpha value is -2.96. The van der Waals surface area contributed by atoms with E-state index in [4.69, 9.17) is 15.1 Å². The molecule has 7 heteroatoms. The largest absolute Gasteiger partial charge is 0.354 e. The van der Waals surface area contributed by atoms with Gasteiger partial charge in [0.25, 0.3) is 0 Å². The molecule has 1 aromatic carbocycles. The van der Waals surface area contributed by atoms with E-state index in [0.717, 1.165) is 91.5 Å². The summed E-state index contributed by atoms with van der Waals surface area (Å²) < 4.78 is 1.97. The number of carbonyl (C=O) groups excluding carboxylic acids is 1. The Kier molecular flexibility index (Phi) is 5.57. The average molecular weight is 433 g/mol. The molecule has 0 N–H and O–H groups in total. The number of aryl methyl sites for hydroxylation is 3. The molecule has 3 aromatic rings. The van der Waals surface area contributed by atoms with Crippen LogP contribution < -0.4 is 4.90 Å². The maximum absolute atomic E-state index is 12.8. The van der Waals surface area contributed by atoms with E-state index in [2.05, 4.69) is 35.8 Å². The highest BCUT2D eigenvalue weighted by atomic mass is 16.2. The molecule has 0 radical (unpaired) electrons. The summed E-state index contributed by atoms with van der Waals surface area (Å²) in [5.41, 5.74) is 4.01. The van der Waals surface area contributed by atoms with Crippen LogP contribution in [0.5, 0.6) is 0 Å². The summed E-state index contributed by atoms with van der Waals surface area (Å²) in [4.78, 5) is 27.1. The number of nitrogens with zero attached hydrogens (tertiary/aromatic N) is 6. The lowest BCUT2D eigenvalue weighted by Gasteiger charge is -2.31.